The van der Waals surface area contributed by atoms with Gasteiger partial charge in [-0.05, 0) is 60.7 Å². The molecule has 31 heavy (non-hydrogen) atoms. The molecular weight excluding hydrogens is 425 g/mol. The van der Waals surface area contributed by atoms with Gasteiger partial charge in [0.05, 0.1) is 0 Å². The molecule has 170 valence electrons. The normalized spacial score (nSPS) is 10.9. The summed E-state index contributed by atoms with van der Waals surface area (Å²) in [4.78, 5) is 12.2. The quantitative estimate of drug-likeness (QED) is 0.263. The number of nitrogens with one attached hydrogen (secondary N) is 1. The first-order valence-electron chi connectivity index (χ1n) is 11.9. The van der Waals surface area contributed by atoms with Gasteiger partial charge in [-0.25, -0.2) is 0 Å². The van der Waals surface area contributed by atoms with E-state index in [0.29, 0.717) is 16.5 Å². The molecular formula is C27H37Cl2NO. The number of carbonyl (C=O) groups excluding carboxylic acids is 1. The molecule has 0 aliphatic carbocycles. The zero-order valence-electron chi connectivity index (χ0n) is 18.9. The van der Waals surface area contributed by atoms with E-state index in [4.69, 9.17) is 23.2 Å². The molecule has 2 aromatic rings. The highest BCUT2D eigenvalue weighted by Crippen LogP contribution is 2.21. The summed E-state index contributed by atoms with van der Waals surface area (Å²) in [5.41, 5.74) is 3.22. The zero-order valence-corrected chi connectivity index (χ0v) is 20.4. The molecule has 0 aliphatic rings. The maximum Gasteiger partial charge on any atom is 0.224 e. The van der Waals surface area contributed by atoms with Crippen molar-refractivity contribution in [3.05, 3.63) is 63.6 Å². The Bertz CT molecular complexity index is 753. The molecule has 0 heterocycles. The Morgan fingerprint density at radius 1 is 0.710 bits per heavy atom. The topological polar surface area (TPSA) is 29.1 Å². The van der Waals surface area contributed by atoms with Crippen LogP contribution in [0.15, 0.2) is 42.5 Å². The van der Waals surface area contributed by atoms with E-state index in [1.165, 1.54) is 56.9 Å². The van der Waals surface area contributed by atoms with Crippen LogP contribution in [0.3, 0.4) is 0 Å². The van der Waals surface area contributed by atoms with Gasteiger partial charge in [0.1, 0.15) is 0 Å². The first kappa shape index (κ1) is 25.7. The Morgan fingerprint density at radius 2 is 1.23 bits per heavy atom. The zero-order chi connectivity index (χ0) is 22.3. The lowest BCUT2D eigenvalue weighted by Crippen LogP contribution is -2.11. The Hall–Kier alpha value is -1.51. The van der Waals surface area contributed by atoms with Crippen LogP contribution in [0.5, 0.6) is 0 Å². The first-order valence-corrected chi connectivity index (χ1v) is 12.7. The fraction of sp³-hybridized carbons (Fsp3) is 0.519. The number of unbranched alkanes of at least 4 members (excludes halogenated alkanes) is 9. The molecule has 2 aromatic carbocycles. The van der Waals surface area contributed by atoms with Gasteiger partial charge in [0.15, 0.2) is 0 Å². The second-order valence-electron chi connectivity index (χ2n) is 8.45. The maximum atomic E-state index is 12.2. The van der Waals surface area contributed by atoms with Crippen LogP contribution >= 0.6 is 23.2 Å². The fourth-order valence-electron chi connectivity index (χ4n) is 3.80. The lowest BCUT2D eigenvalue weighted by molar-refractivity contribution is -0.116. The highest BCUT2D eigenvalue weighted by molar-refractivity contribution is 6.34. The fourth-order valence-corrected chi connectivity index (χ4v) is 4.37. The van der Waals surface area contributed by atoms with E-state index in [2.05, 4.69) is 24.4 Å². The maximum absolute atomic E-state index is 12.2. The van der Waals surface area contributed by atoms with E-state index in [9.17, 15) is 4.79 Å². The minimum Gasteiger partial charge on any atom is -0.326 e. The lowest BCUT2D eigenvalue weighted by Gasteiger charge is -2.08. The summed E-state index contributed by atoms with van der Waals surface area (Å²) in [6, 6.07) is 13.8. The van der Waals surface area contributed by atoms with Gasteiger partial charge in [0.25, 0.3) is 0 Å². The molecule has 0 aliphatic heterocycles. The predicted octanol–water partition coefficient (Wildman–Crippen LogP) is 9.03. The minimum absolute atomic E-state index is 0.112. The summed E-state index contributed by atoms with van der Waals surface area (Å²) in [7, 11) is 0. The molecule has 0 radical (unpaired) electrons. The third-order valence-electron chi connectivity index (χ3n) is 5.62. The molecule has 0 spiro atoms. The molecule has 0 atom stereocenters. The largest absolute Gasteiger partial charge is 0.326 e. The van der Waals surface area contributed by atoms with Crippen LogP contribution in [0.4, 0.5) is 5.69 Å². The molecule has 2 nitrogen and oxygen atoms in total. The molecule has 0 saturated heterocycles. The highest BCUT2D eigenvalue weighted by Gasteiger charge is 2.04. The molecule has 0 unspecified atom stereocenters. The first-order chi connectivity index (χ1) is 15.1. The summed E-state index contributed by atoms with van der Waals surface area (Å²) < 4.78 is 0. The number of hydrogen-bond acceptors (Lipinski definition) is 1. The number of halogens is 2. The predicted molar refractivity (Wildman–Crippen MR) is 135 cm³/mol. The van der Waals surface area contributed by atoms with Crippen molar-refractivity contribution in [2.75, 3.05) is 5.32 Å². The van der Waals surface area contributed by atoms with Crippen molar-refractivity contribution in [2.45, 2.75) is 90.4 Å². The van der Waals surface area contributed by atoms with Crippen molar-refractivity contribution in [2.24, 2.45) is 0 Å². The molecule has 0 bridgehead atoms. The molecule has 2 rings (SSSR count). The minimum atomic E-state index is 0.112. The number of aryl methyl sites for hydroxylation is 2. The van der Waals surface area contributed by atoms with Gasteiger partial charge in [-0.15, -0.1) is 0 Å². The Morgan fingerprint density at radius 3 is 1.81 bits per heavy atom. The third-order valence-corrected chi connectivity index (χ3v) is 6.06. The second kappa shape index (κ2) is 15.3. The van der Waals surface area contributed by atoms with E-state index in [1.807, 2.05) is 24.3 Å². The third kappa shape index (κ3) is 11.6. The van der Waals surface area contributed by atoms with Crippen LogP contribution in [0, 0.1) is 0 Å². The van der Waals surface area contributed by atoms with Gasteiger partial charge in [-0.2, -0.15) is 0 Å². The molecule has 0 aromatic heterocycles. The molecule has 1 N–H and O–H groups in total. The van der Waals surface area contributed by atoms with Crippen LogP contribution in [-0.2, 0) is 17.6 Å². The van der Waals surface area contributed by atoms with Crippen molar-refractivity contribution in [3.8, 4) is 0 Å². The van der Waals surface area contributed by atoms with Gasteiger partial charge in [0.2, 0.25) is 5.91 Å². The number of hydrogen-bond donors (Lipinski definition) is 1. The van der Waals surface area contributed by atoms with E-state index in [1.54, 1.807) is 6.07 Å². The SMILES string of the molecule is CCCCCCCCCCCCC(=O)Nc1ccc(CCc2cc(Cl)cc(Cl)c2)cc1. The lowest BCUT2D eigenvalue weighted by atomic mass is 10.0. The van der Waals surface area contributed by atoms with Crippen LogP contribution in [0.1, 0.15) is 88.7 Å². The number of rotatable bonds is 15. The van der Waals surface area contributed by atoms with Gasteiger partial charge >= 0.3 is 0 Å². The van der Waals surface area contributed by atoms with Gasteiger partial charge in [0, 0.05) is 22.2 Å². The average molecular weight is 463 g/mol. The van der Waals surface area contributed by atoms with E-state index < -0.39 is 0 Å². The summed E-state index contributed by atoms with van der Waals surface area (Å²) in [5.74, 6) is 0.112. The molecule has 4 heteroatoms. The van der Waals surface area contributed by atoms with Crippen LogP contribution in [0.2, 0.25) is 10.0 Å². The summed E-state index contributed by atoms with van der Waals surface area (Å²) in [6.07, 6.45) is 15.2. The molecule has 1 amide bonds. The second-order valence-corrected chi connectivity index (χ2v) is 9.33. The number of anilines is 1. The summed E-state index contributed by atoms with van der Waals surface area (Å²) >= 11 is 12.1. The molecule has 0 fully saturated rings. The van der Waals surface area contributed by atoms with E-state index in [-0.39, 0.29) is 5.91 Å². The Kier molecular flexibility index (Phi) is 12.7. The number of benzene rings is 2. The van der Waals surface area contributed by atoms with Crippen LogP contribution < -0.4 is 5.32 Å². The summed E-state index contributed by atoms with van der Waals surface area (Å²) in [5, 5.41) is 4.35. The van der Waals surface area contributed by atoms with Gasteiger partial charge < -0.3 is 5.32 Å². The average Bonchev–Trinajstić information content (AvgIpc) is 2.74. The Labute approximate surface area is 198 Å². The Balaban J connectivity index is 1.58. The van der Waals surface area contributed by atoms with Gasteiger partial charge in [-0.1, -0.05) is 100 Å². The van der Waals surface area contributed by atoms with Crippen molar-refractivity contribution in [1.29, 1.82) is 0 Å². The van der Waals surface area contributed by atoms with Gasteiger partial charge in [-0.3, -0.25) is 4.79 Å². The van der Waals surface area contributed by atoms with Crippen molar-refractivity contribution in [1.82, 2.24) is 0 Å². The van der Waals surface area contributed by atoms with Crippen molar-refractivity contribution in [3.63, 3.8) is 0 Å². The van der Waals surface area contributed by atoms with Crippen molar-refractivity contribution < 1.29 is 4.79 Å². The monoisotopic (exact) mass is 461 g/mol. The smallest absolute Gasteiger partial charge is 0.224 e. The highest BCUT2D eigenvalue weighted by atomic mass is 35.5. The van der Waals surface area contributed by atoms with Crippen molar-refractivity contribution >= 4 is 34.8 Å². The number of carbonyl (C=O) groups is 1. The summed E-state index contributed by atoms with van der Waals surface area (Å²) in [6.45, 7) is 2.26. The number of amides is 1. The van der Waals surface area contributed by atoms with E-state index >= 15 is 0 Å². The molecule has 0 saturated carbocycles. The van der Waals surface area contributed by atoms with E-state index in [0.717, 1.165) is 36.9 Å². The van der Waals surface area contributed by atoms with Crippen LogP contribution in [-0.4, -0.2) is 5.91 Å². The standard InChI is InChI=1S/C27H37Cl2NO/c1-2-3-4-5-6-7-8-9-10-11-12-27(31)30-26-17-15-22(16-18-26)13-14-23-19-24(28)21-25(29)20-23/h15-21H,2-14H2,1H3,(H,30,31). The van der Waals surface area contributed by atoms with Crippen LogP contribution in [0.25, 0.3) is 0 Å².